The third-order valence-corrected chi connectivity index (χ3v) is 5.51. The molecular formula is C27H22O2. The molecule has 3 aromatic carbocycles. The predicted octanol–water partition coefficient (Wildman–Crippen LogP) is 5.43. The van der Waals surface area contributed by atoms with E-state index in [-0.39, 0.29) is 5.78 Å². The molecule has 1 N–H and O–H groups in total. The minimum atomic E-state index is -0.0813. The fourth-order valence-corrected chi connectivity index (χ4v) is 3.84. The topological polar surface area (TPSA) is 37.3 Å². The molecule has 142 valence electrons. The minimum absolute atomic E-state index is 0.0813. The zero-order valence-electron chi connectivity index (χ0n) is 16.2. The standard InChI is InChI=1S/C27H22O2/c1-2-27(29)22-11-7-20(8-12-22)4-3-19-5-9-21(10-6-19)23-13-14-25-18-26(28)16-15-24(25)17-23/h2,5-12,15-16,18,23,28H,1,13-14,17H2. The summed E-state index contributed by atoms with van der Waals surface area (Å²) in [6.45, 7) is 3.50. The molecule has 0 amide bonds. The molecule has 0 spiro atoms. The number of rotatable bonds is 3. The Morgan fingerprint density at radius 2 is 1.59 bits per heavy atom. The Hall–Kier alpha value is -3.57. The maximum absolute atomic E-state index is 11.6. The van der Waals surface area contributed by atoms with Gasteiger partial charge in [-0.3, -0.25) is 4.79 Å². The Kier molecular flexibility index (Phi) is 5.31. The Morgan fingerprint density at radius 1 is 0.931 bits per heavy atom. The number of aryl methyl sites for hydroxylation is 1. The van der Waals surface area contributed by atoms with Crippen molar-refractivity contribution in [1.29, 1.82) is 0 Å². The minimum Gasteiger partial charge on any atom is -0.508 e. The number of hydrogen-bond acceptors (Lipinski definition) is 2. The molecule has 0 radical (unpaired) electrons. The number of ketones is 1. The highest BCUT2D eigenvalue weighted by molar-refractivity contribution is 6.04. The first kappa shape index (κ1) is 18.8. The van der Waals surface area contributed by atoms with Crippen LogP contribution in [0.4, 0.5) is 0 Å². The van der Waals surface area contributed by atoms with Crippen molar-refractivity contribution in [1.82, 2.24) is 0 Å². The maximum Gasteiger partial charge on any atom is 0.185 e. The van der Waals surface area contributed by atoms with E-state index in [2.05, 4.69) is 42.7 Å². The Morgan fingerprint density at radius 3 is 2.24 bits per heavy atom. The predicted molar refractivity (Wildman–Crippen MR) is 116 cm³/mol. The number of benzene rings is 3. The maximum atomic E-state index is 11.6. The Balaban J connectivity index is 1.45. The first-order valence-corrected chi connectivity index (χ1v) is 9.82. The molecule has 0 fully saturated rings. The summed E-state index contributed by atoms with van der Waals surface area (Å²) in [7, 11) is 0. The Labute approximate surface area is 171 Å². The van der Waals surface area contributed by atoms with E-state index in [9.17, 15) is 9.90 Å². The SMILES string of the molecule is C=CC(=O)c1ccc(C#Cc2ccc(C3CCc4cc(O)ccc4C3)cc2)cc1. The summed E-state index contributed by atoms with van der Waals surface area (Å²) in [5.41, 5.74) is 6.41. The molecule has 1 aliphatic carbocycles. The van der Waals surface area contributed by atoms with Gasteiger partial charge in [0.2, 0.25) is 0 Å². The average molecular weight is 378 g/mol. The van der Waals surface area contributed by atoms with Gasteiger partial charge < -0.3 is 5.11 Å². The lowest BCUT2D eigenvalue weighted by Crippen LogP contribution is -2.12. The largest absolute Gasteiger partial charge is 0.508 e. The van der Waals surface area contributed by atoms with Crippen LogP contribution < -0.4 is 0 Å². The van der Waals surface area contributed by atoms with E-state index in [1.807, 2.05) is 24.3 Å². The van der Waals surface area contributed by atoms with E-state index in [0.29, 0.717) is 17.2 Å². The van der Waals surface area contributed by atoms with Gasteiger partial charge in [-0.2, -0.15) is 0 Å². The first-order chi connectivity index (χ1) is 14.1. The van der Waals surface area contributed by atoms with Gasteiger partial charge in [-0.15, -0.1) is 0 Å². The number of phenols is 1. The zero-order valence-corrected chi connectivity index (χ0v) is 16.2. The highest BCUT2D eigenvalue weighted by Crippen LogP contribution is 2.34. The molecule has 0 saturated heterocycles. The van der Waals surface area contributed by atoms with Crippen molar-refractivity contribution in [2.24, 2.45) is 0 Å². The lowest BCUT2D eigenvalue weighted by Gasteiger charge is -2.25. The lowest BCUT2D eigenvalue weighted by atomic mass is 9.80. The van der Waals surface area contributed by atoms with Gasteiger partial charge in [-0.05, 0) is 96.5 Å². The third-order valence-electron chi connectivity index (χ3n) is 5.51. The van der Waals surface area contributed by atoms with Crippen molar-refractivity contribution in [3.05, 3.63) is 113 Å². The van der Waals surface area contributed by atoms with Crippen molar-refractivity contribution in [3.63, 3.8) is 0 Å². The fraction of sp³-hybridized carbons (Fsp3) is 0.148. The normalized spacial score (nSPS) is 15.0. The van der Waals surface area contributed by atoms with Crippen molar-refractivity contribution in [3.8, 4) is 17.6 Å². The summed E-state index contributed by atoms with van der Waals surface area (Å²) in [6.07, 6.45) is 4.42. The summed E-state index contributed by atoms with van der Waals surface area (Å²) >= 11 is 0. The molecule has 0 saturated carbocycles. The van der Waals surface area contributed by atoms with Crippen LogP contribution in [0, 0.1) is 11.8 Å². The summed E-state index contributed by atoms with van der Waals surface area (Å²) in [6, 6.07) is 21.5. The van der Waals surface area contributed by atoms with Gasteiger partial charge in [0, 0.05) is 16.7 Å². The van der Waals surface area contributed by atoms with Crippen molar-refractivity contribution in [2.45, 2.75) is 25.2 Å². The fourth-order valence-electron chi connectivity index (χ4n) is 3.84. The monoisotopic (exact) mass is 378 g/mol. The van der Waals surface area contributed by atoms with Crippen molar-refractivity contribution in [2.75, 3.05) is 0 Å². The van der Waals surface area contributed by atoms with E-state index in [1.54, 1.807) is 18.2 Å². The summed E-state index contributed by atoms with van der Waals surface area (Å²) < 4.78 is 0. The molecule has 0 aliphatic heterocycles. The van der Waals surface area contributed by atoms with E-state index in [1.165, 1.54) is 22.8 Å². The van der Waals surface area contributed by atoms with Crippen molar-refractivity contribution < 1.29 is 9.90 Å². The number of carbonyl (C=O) groups is 1. The number of allylic oxidation sites excluding steroid dienone is 1. The molecule has 1 unspecified atom stereocenters. The van der Waals surface area contributed by atoms with Crippen LogP contribution in [-0.4, -0.2) is 10.9 Å². The van der Waals surface area contributed by atoms with Gasteiger partial charge in [0.1, 0.15) is 5.75 Å². The molecule has 0 bridgehead atoms. The van der Waals surface area contributed by atoms with Crippen LogP contribution in [0.3, 0.4) is 0 Å². The molecule has 1 atom stereocenters. The quantitative estimate of drug-likeness (QED) is 0.375. The molecule has 29 heavy (non-hydrogen) atoms. The van der Waals surface area contributed by atoms with Crippen LogP contribution >= 0.6 is 0 Å². The summed E-state index contributed by atoms with van der Waals surface area (Å²) in [4.78, 5) is 11.6. The third kappa shape index (κ3) is 4.31. The smallest absolute Gasteiger partial charge is 0.185 e. The van der Waals surface area contributed by atoms with E-state index >= 15 is 0 Å². The second-order valence-electron chi connectivity index (χ2n) is 7.41. The number of hydrogen-bond donors (Lipinski definition) is 1. The zero-order chi connectivity index (χ0) is 20.2. The second kappa shape index (κ2) is 8.20. The van der Waals surface area contributed by atoms with Crippen LogP contribution in [0.15, 0.2) is 79.4 Å². The van der Waals surface area contributed by atoms with Gasteiger partial charge in [-0.25, -0.2) is 0 Å². The molecule has 1 aliphatic rings. The lowest BCUT2D eigenvalue weighted by molar-refractivity contribution is 0.104. The number of phenolic OH excluding ortho intramolecular Hbond substituents is 1. The molecule has 3 aromatic rings. The van der Waals surface area contributed by atoms with Crippen molar-refractivity contribution >= 4 is 5.78 Å². The summed E-state index contributed by atoms with van der Waals surface area (Å²) in [5.74, 6) is 7.12. The molecule has 4 rings (SSSR count). The molecule has 0 heterocycles. The highest BCUT2D eigenvalue weighted by Gasteiger charge is 2.20. The summed E-state index contributed by atoms with van der Waals surface area (Å²) in [5, 5.41) is 9.65. The van der Waals surface area contributed by atoms with E-state index < -0.39 is 0 Å². The second-order valence-corrected chi connectivity index (χ2v) is 7.41. The van der Waals surface area contributed by atoms with Gasteiger partial charge >= 0.3 is 0 Å². The van der Waals surface area contributed by atoms with E-state index in [4.69, 9.17) is 0 Å². The van der Waals surface area contributed by atoms with Gasteiger partial charge in [0.25, 0.3) is 0 Å². The van der Waals surface area contributed by atoms with Crippen LogP contribution in [0.1, 0.15) is 50.5 Å². The number of aromatic hydroxyl groups is 1. The molecular weight excluding hydrogens is 356 g/mol. The Bertz CT molecular complexity index is 1110. The highest BCUT2D eigenvalue weighted by atomic mass is 16.3. The van der Waals surface area contributed by atoms with Gasteiger partial charge in [0.15, 0.2) is 5.78 Å². The first-order valence-electron chi connectivity index (χ1n) is 9.82. The van der Waals surface area contributed by atoms with E-state index in [0.717, 1.165) is 30.4 Å². The number of fused-ring (bicyclic) bond motifs is 1. The van der Waals surface area contributed by atoms with Gasteiger partial charge in [-0.1, -0.05) is 36.6 Å². The van der Waals surface area contributed by atoms with Crippen LogP contribution in [0.2, 0.25) is 0 Å². The average Bonchev–Trinajstić information content (AvgIpc) is 2.77. The van der Waals surface area contributed by atoms with Crippen LogP contribution in [0.5, 0.6) is 5.75 Å². The molecule has 2 nitrogen and oxygen atoms in total. The number of carbonyl (C=O) groups excluding carboxylic acids is 1. The van der Waals surface area contributed by atoms with Crippen LogP contribution in [-0.2, 0) is 12.8 Å². The van der Waals surface area contributed by atoms with Crippen LogP contribution in [0.25, 0.3) is 0 Å². The molecule has 2 heteroatoms. The van der Waals surface area contributed by atoms with Gasteiger partial charge in [0.05, 0.1) is 0 Å². The molecule has 0 aromatic heterocycles.